The first kappa shape index (κ1) is 14.0. The van der Waals surface area contributed by atoms with E-state index in [1.807, 2.05) is 0 Å². The van der Waals surface area contributed by atoms with Crippen LogP contribution in [0.15, 0.2) is 24.3 Å². The van der Waals surface area contributed by atoms with Crippen molar-refractivity contribution >= 4 is 5.91 Å². The lowest BCUT2D eigenvalue weighted by molar-refractivity contribution is -0.123. The Balaban J connectivity index is 2.00. The second-order valence-corrected chi connectivity index (χ2v) is 5.21. The summed E-state index contributed by atoms with van der Waals surface area (Å²) < 4.78 is 13.6. The minimum atomic E-state index is -0.513. The molecule has 1 aromatic rings. The maximum absolute atomic E-state index is 13.6. The average molecular weight is 265 g/mol. The highest BCUT2D eigenvalue weighted by molar-refractivity contribution is 5.83. The highest BCUT2D eigenvalue weighted by Crippen LogP contribution is 2.34. The summed E-state index contributed by atoms with van der Waals surface area (Å²) in [5.41, 5.74) is 0.415. The molecule has 1 aromatic carbocycles. The van der Waals surface area contributed by atoms with Crippen molar-refractivity contribution in [3.8, 4) is 0 Å². The van der Waals surface area contributed by atoms with Crippen LogP contribution in [0.2, 0.25) is 0 Å². The number of aliphatic hydroxyl groups excluding tert-OH is 1. The zero-order valence-corrected chi connectivity index (χ0v) is 11.1. The Bertz CT molecular complexity index is 446. The van der Waals surface area contributed by atoms with E-state index in [-0.39, 0.29) is 24.4 Å². The van der Waals surface area contributed by atoms with Crippen LogP contribution < -0.4 is 5.32 Å². The molecule has 0 bridgehead atoms. The molecule has 19 heavy (non-hydrogen) atoms. The van der Waals surface area contributed by atoms with Gasteiger partial charge in [-0.25, -0.2) is 4.39 Å². The molecule has 0 heterocycles. The molecule has 0 saturated heterocycles. The number of rotatable bonds is 6. The smallest absolute Gasteiger partial charge is 0.227 e. The van der Waals surface area contributed by atoms with Gasteiger partial charge in [0.1, 0.15) is 5.82 Å². The van der Waals surface area contributed by atoms with Crippen molar-refractivity contribution in [1.29, 1.82) is 0 Å². The van der Waals surface area contributed by atoms with Crippen LogP contribution in [-0.2, 0) is 4.79 Å². The van der Waals surface area contributed by atoms with Crippen molar-refractivity contribution in [3.63, 3.8) is 0 Å². The molecular weight excluding hydrogens is 245 g/mol. The summed E-state index contributed by atoms with van der Waals surface area (Å²) in [4.78, 5) is 12.2. The summed E-state index contributed by atoms with van der Waals surface area (Å²) in [6, 6.07) is 6.37. The number of aliphatic hydroxyl groups is 1. The average Bonchev–Trinajstić information content (AvgIpc) is 3.22. The van der Waals surface area contributed by atoms with E-state index in [4.69, 9.17) is 5.11 Å². The molecule has 104 valence electrons. The third-order valence-corrected chi connectivity index (χ3v) is 3.72. The number of nitrogens with one attached hydrogen (secondary N) is 1. The van der Waals surface area contributed by atoms with E-state index in [0.717, 1.165) is 12.8 Å². The normalized spacial score (nSPS) is 17.8. The van der Waals surface area contributed by atoms with Gasteiger partial charge in [-0.3, -0.25) is 4.79 Å². The lowest BCUT2D eigenvalue weighted by Crippen LogP contribution is -2.39. The maximum Gasteiger partial charge on any atom is 0.227 e. The topological polar surface area (TPSA) is 49.3 Å². The van der Waals surface area contributed by atoms with Gasteiger partial charge >= 0.3 is 0 Å². The molecule has 1 saturated carbocycles. The van der Waals surface area contributed by atoms with Crippen LogP contribution in [0.4, 0.5) is 4.39 Å². The Morgan fingerprint density at radius 3 is 2.74 bits per heavy atom. The van der Waals surface area contributed by atoms with Crippen LogP contribution in [0.25, 0.3) is 0 Å². The Morgan fingerprint density at radius 1 is 1.47 bits per heavy atom. The SMILES string of the molecule is CC(C(=O)NC(CCO)C1CC1)c1ccccc1F. The van der Waals surface area contributed by atoms with E-state index in [1.165, 1.54) is 6.07 Å². The van der Waals surface area contributed by atoms with Crippen LogP contribution in [0.1, 0.15) is 37.7 Å². The summed E-state index contributed by atoms with van der Waals surface area (Å²) in [6.45, 7) is 1.77. The molecule has 3 nitrogen and oxygen atoms in total. The van der Waals surface area contributed by atoms with Gasteiger partial charge in [-0.15, -0.1) is 0 Å². The van der Waals surface area contributed by atoms with E-state index >= 15 is 0 Å². The fourth-order valence-corrected chi connectivity index (χ4v) is 2.34. The van der Waals surface area contributed by atoms with Crippen LogP contribution >= 0.6 is 0 Å². The molecule has 4 heteroatoms. The summed E-state index contributed by atoms with van der Waals surface area (Å²) in [5, 5.41) is 12.0. The molecule has 2 unspecified atom stereocenters. The van der Waals surface area contributed by atoms with Crippen molar-refractivity contribution in [2.45, 2.75) is 38.1 Å². The van der Waals surface area contributed by atoms with Crippen LogP contribution in [0.3, 0.4) is 0 Å². The third kappa shape index (κ3) is 3.53. The van der Waals surface area contributed by atoms with Gasteiger partial charge in [-0.2, -0.15) is 0 Å². The Morgan fingerprint density at radius 2 is 2.16 bits per heavy atom. The molecular formula is C15H20FNO2. The van der Waals surface area contributed by atoms with Crippen molar-refractivity contribution < 1.29 is 14.3 Å². The zero-order chi connectivity index (χ0) is 13.8. The van der Waals surface area contributed by atoms with E-state index in [1.54, 1.807) is 25.1 Å². The number of hydrogen-bond acceptors (Lipinski definition) is 2. The lowest BCUT2D eigenvalue weighted by Gasteiger charge is -2.20. The quantitative estimate of drug-likeness (QED) is 0.828. The Kier molecular flexibility index (Phi) is 4.53. The summed E-state index contributed by atoms with van der Waals surface area (Å²) in [5.74, 6) is -0.559. The van der Waals surface area contributed by atoms with Gasteiger partial charge in [0, 0.05) is 12.6 Å². The number of carbonyl (C=O) groups is 1. The second-order valence-electron chi connectivity index (χ2n) is 5.21. The molecule has 1 fully saturated rings. The zero-order valence-electron chi connectivity index (χ0n) is 11.1. The molecule has 2 atom stereocenters. The number of hydrogen-bond donors (Lipinski definition) is 2. The van der Waals surface area contributed by atoms with Gasteiger partial charge in [0.25, 0.3) is 0 Å². The largest absolute Gasteiger partial charge is 0.396 e. The van der Waals surface area contributed by atoms with Gasteiger partial charge in [0.15, 0.2) is 0 Å². The molecule has 1 aliphatic rings. The lowest BCUT2D eigenvalue weighted by atomic mass is 9.98. The highest BCUT2D eigenvalue weighted by atomic mass is 19.1. The predicted octanol–water partition coefficient (Wildman–Crippen LogP) is 2.21. The van der Waals surface area contributed by atoms with E-state index in [0.29, 0.717) is 17.9 Å². The minimum absolute atomic E-state index is 0.0201. The van der Waals surface area contributed by atoms with Crippen molar-refractivity contribution in [3.05, 3.63) is 35.6 Å². The molecule has 0 radical (unpaired) electrons. The predicted molar refractivity (Wildman–Crippen MR) is 71.2 cm³/mol. The first-order valence-corrected chi connectivity index (χ1v) is 6.79. The number of halogens is 1. The fraction of sp³-hybridized carbons (Fsp3) is 0.533. The molecule has 1 aliphatic carbocycles. The summed E-state index contributed by atoms with van der Waals surface area (Å²) >= 11 is 0. The molecule has 2 rings (SSSR count). The Labute approximate surface area is 112 Å². The number of amides is 1. The fourth-order valence-electron chi connectivity index (χ4n) is 2.34. The number of benzene rings is 1. The van der Waals surface area contributed by atoms with Crippen molar-refractivity contribution in [1.82, 2.24) is 5.32 Å². The highest BCUT2D eigenvalue weighted by Gasteiger charge is 2.33. The van der Waals surface area contributed by atoms with Crippen LogP contribution in [-0.4, -0.2) is 23.7 Å². The van der Waals surface area contributed by atoms with E-state index in [2.05, 4.69) is 5.32 Å². The first-order chi connectivity index (χ1) is 9.13. The second kappa shape index (κ2) is 6.15. The van der Waals surface area contributed by atoms with Crippen LogP contribution in [0, 0.1) is 11.7 Å². The van der Waals surface area contributed by atoms with Gasteiger partial charge in [0.05, 0.1) is 5.92 Å². The summed E-state index contributed by atoms with van der Waals surface area (Å²) in [6.07, 6.45) is 2.76. The van der Waals surface area contributed by atoms with Crippen molar-refractivity contribution in [2.75, 3.05) is 6.61 Å². The molecule has 0 aliphatic heterocycles. The van der Waals surface area contributed by atoms with Gasteiger partial charge in [-0.05, 0) is 43.7 Å². The monoisotopic (exact) mass is 265 g/mol. The number of carbonyl (C=O) groups excluding carboxylic acids is 1. The molecule has 2 N–H and O–H groups in total. The van der Waals surface area contributed by atoms with Gasteiger partial charge < -0.3 is 10.4 Å². The van der Waals surface area contributed by atoms with E-state index < -0.39 is 5.92 Å². The molecule has 0 spiro atoms. The Hall–Kier alpha value is -1.42. The maximum atomic E-state index is 13.6. The molecule has 1 amide bonds. The standard InChI is InChI=1S/C15H20FNO2/c1-10(12-4-2-3-5-13(12)16)15(19)17-14(8-9-18)11-6-7-11/h2-5,10-11,14,18H,6-9H2,1H3,(H,17,19). The first-order valence-electron chi connectivity index (χ1n) is 6.79. The van der Waals surface area contributed by atoms with Crippen molar-refractivity contribution in [2.24, 2.45) is 5.92 Å². The molecule has 0 aromatic heterocycles. The van der Waals surface area contributed by atoms with Crippen LogP contribution in [0.5, 0.6) is 0 Å². The van der Waals surface area contributed by atoms with Gasteiger partial charge in [-0.1, -0.05) is 18.2 Å². The third-order valence-electron chi connectivity index (χ3n) is 3.72. The summed E-state index contributed by atoms with van der Waals surface area (Å²) in [7, 11) is 0. The minimum Gasteiger partial charge on any atom is -0.396 e. The van der Waals surface area contributed by atoms with Gasteiger partial charge in [0.2, 0.25) is 5.91 Å². The van der Waals surface area contributed by atoms with E-state index in [9.17, 15) is 9.18 Å².